The number of hydrogen-bond donors (Lipinski definition) is 2. The molecule has 1 aliphatic heterocycles. The second-order valence-electron chi connectivity index (χ2n) is 5.58. The third kappa shape index (κ3) is 4.52. The van der Waals surface area contributed by atoms with Crippen LogP contribution in [0.2, 0.25) is 0 Å². The van der Waals surface area contributed by atoms with E-state index in [1.54, 1.807) is 6.07 Å². The van der Waals surface area contributed by atoms with E-state index in [-0.39, 0.29) is 24.8 Å². The number of rotatable bonds is 4. The van der Waals surface area contributed by atoms with Crippen molar-refractivity contribution in [3.8, 4) is 5.75 Å². The molecule has 0 spiro atoms. The van der Waals surface area contributed by atoms with Crippen LogP contribution in [-0.2, 0) is 0 Å². The molecule has 3 rings (SSSR count). The van der Waals surface area contributed by atoms with Crippen LogP contribution in [0.15, 0.2) is 24.3 Å². The second kappa shape index (κ2) is 8.08. The Morgan fingerprint density at radius 1 is 1.20 bits per heavy atom. The number of nitrogens with one attached hydrogen (secondary N) is 1. The standard InChI is InChI=1S/C15H22N2O.2ClH/c18-14-3-1-2-13(11-14)15(10-12-4-5-12)17-8-6-16-7-9-17;;/h1-3,11-12,15-16,18H,4-10H2;2*1H/t15-;;/m0../s1. The first-order valence-corrected chi connectivity index (χ1v) is 7.06. The van der Waals surface area contributed by atoms with E-state index >= 15 is 0 Å². The van der Waals surface area contributed by atoms with E-state index in [0.717, 1.165) is 32.1 Å². The van der Waals surface area contributed by atoms with Crippen molar-refractivity contribution < 1.29 is 5.11 Å². The smallest absolute Gasteiger partial charge is 0.115 e. The fourth-order valence-corrected chi connectivity index (χ4v) is 2.89. The number of hydrogen-bond acceptors (Lipinski definition) is 3. The fourth-order valence-electron chi connectivity index (χ4n) is 2.89. The van der Waals surface area contributed by atoms with Crippen molar-refractivity contribution in [1.29, 1.82) is 0 Å². The van der Waals surface area contributed by atoms with Crippen molar-refractivity contribution in [2.75, 3.05) is 26.2 Å². The van der Waals surface area contributed by atoms with Gasteiger partial charge in [0.1, 0.15) is 5.75 Å². The highest BCUT2D eigenvalue weighted by Crippen LogP contribution is 2.40. The molecule has 2 aliphatic rings. The van der Waals surface area contributed by atoms with Gasteiger partial charge in [-0.3, -0.25) is 4.90 Å². The van der Waals surface area contributed by atoms with Crippen LogP contribution in [-0.4, -0.2) is 36.2 Å². The monoisotopic (exact) mass is 318 g/mol. The molecule has 0 radical (unpaired) electrons. The van der Waals surface area contributed by atoms with Crippen LogP contribution in [0.25, 0.3) is 0 Å². The molecule has 0 unspecified atom stereocenters. The molecule has 1 saturated heterocycles. The van der Waals surface area contributed by atoms with E-state index < -0.39 is 0 Å². The summed E-state index contributed by atoms with van der Waals surface area (Å²) in [5.41, 5.74) is 1.28. The first-order valence-electron chi connectivity index (χ1n) is 7.06. The van der Waals surface area contributed by atoms with E-state index in [2.05, 4.69) is 16.3 Å². The molecule has 1 atom stereocenters. The lowest BCUT2D eigenvalue weighted by atomic mass is 9.98. The van der Waals surface area contributed by atoms with Gasteiger partial charge in [0, 0.05) is 32.2 Å². The summed E-state index contributed by atoms with van der Waals surface area (Å²) < 4.78 is 0. The summed E-state index contributed by atoms with van der Waals surface area (Å²) in [7, 11) is 0. The van der Waals surface area contributed by atoms with Crippen molar-refractivity contribution in [2.45, 2.75) is 25.3 Å². The Kier molecular flexibility index (Phi) is 7.10. The molecule has 1 aliphatic carbocycles. The van der Waals surface area contributed by atoms with Crippen LogP contribution in [0.4, 0.5) is 0 Å². The first-order chi connectivity index (χ1) is 8.83. The molecule has 0 bridgehead atoms. The van der Waals surface area contributed by atoms with Crippen LogP contribution in [0.5, 0.6) is 5.75 Å². The minimum absolute atomic E-state index is 0. The molecule has 20 heavy (non-hydrogen) atoms. The zero-order chi connectivity index (χ0) is 12.4. The van der Waals surface area contributed by atoms with Gasteiger partial charge >= 0.3 is 0 Å². The SMILES string of the molecule is Cl.Cl.Oc1cccc([C@H](CC2CC2)N2CCNCC2)c1. The van der Waals surface area contributed by atoms with Crippen molar-refractivity contribution in [3.05, 3.63) is 29.8 Å². The maximum atomic E-state index is 9.68. The Balaban J connectivity index is 0.000001000. The van der Waals surface area contributed by atoms with Gasteiger partial charge in [-0.05, 0) is 30.0 Å². The Morgan fingerprint density at radius 2 is 1.90 bits per heavy atom. The van der Waals surface area contributed by atoms with Gasteiger partial charge in [0.2, 0.25) is 0 Å². The highest BCUT2D eigenvalue weighted by Gasteiger charge is 2.30. The predicted molar refractivity (Wildman–Crippen MR) is 87.1 cm³/mol. The van der Waals surface area contributed by atoms with Crippen molar-refractivity contribution in [3.63, 3.8) is 0 Å². The van der Waals surface area contributed by atoms with Crippen molar-refractivity contribution >= 4 is 24.8 Å². The molecule has 2 N–H and O–H groups in total. The summed E-state index contributed by atoms with van der Waals surface area (Å²) in [6.45, 7) is 4.40. The van der Waals surface area contributed by atoms with Crippen LogP contribution in [0.3, 0.4) is 0 Å². The summed E-state index contributed by atoms with van der Waals surface area (Å²) in [5, 5.41) is 13.1. The Labute approximate surface area is 133 Å². The lowest BCUT2D eigenvalue weighted by Crippen LogP contribution is -2.45. The van der Waals surface area contributed by atoms with Gasteiger partial charge in [-0.15, -0.1) is 24.8 Å². The van der Waals surface area contributed by atoms with Gasteiger partial charge in [-0.1, -0.05) is 25.0 Å². The summed E-state index contributed by atoms with van der Waals surface area (Å²) in [4.78, 5) is 2.57. The molecule has 114 valence electrons. The Bertz CT molecular complexity index is 407. The van der Waals surface area contributed by atoms with Crippen LogP contribution < -0.4 is 5.32 Å². The number of piperazine rings is 1. The van der Waals surface area contributed by atoms with E-state index in [9.17, 15) is 5.11 Å². The Morgan fingerprint density at radius 3 is 2.50 bits per heavy atom. The zero-order valence-corrected chi connectivity index (χ0v) is 13.3. The summed E-state index contributed by atoms with van der Waals surface area (Å²) in [5.74, 6) is 1.30. The van der Waals surface area contributed by atoms with E-state index in [1.165, 1.54) is 24.8 Å². The van der Waals surface area contributed by atoms with Gasteiger partial charge in [-0.2, -0.15) is 0 Å². The molecule has 2 fully saturated rings. The third-order valence-electron chi connectivity index (χ3n) is 4.10. The van der Waals surface area contributed by atoms with Gasteiger partial charge in [-0.25, -0.2) is 0 Å². The minimum atomic E-state index is 0. The third-order valence-corrected chi connectivity index (χ3v) is 4.10. The van der Waals surface area contributed by atoms with E-state index in [1.807, 2.05) is 12.1 Å². The van der Waals surface area contributed by atoms with Crippen molar-refractivity contribution in [2.24, 2.45) is 5.92 Å². The number of benzene rings is 1. The predicted octanol–water partition coefficient (Wildman–Crippen LogP) is 2.98. The molecular formula is C15H24Cl2N2O. The number of phenols is 1. The number of halogens is 2. The fraction of sp³-hybridized carbons (Fsp3) is 0.600. The molecule has 5 heteroatoms. The molecule has 1 aromatic carbocycles. The van der Waals surface area contributed by atoms with Gasteiger partial charge in [0.05, 0.1) is 0 Å². The molecule has 0 aromatic heterocycles. The van der Waals surface area contributed by atoms with Gasteiger partial charge in [0.15, 0.2) is 0 Å². The first kappa shape index (κ1) is 17.6. The topological polar surface area (TPSA) is 35.5 Å². The highest BCUT2D eigenvalue weighted by molar-refractivity contribution is 5.85. The quantitative estimate of drug-likeness (QED) is 0.896. The lowest BCUT2D eigenvalue weighted by Gasteiger charge is -2.35. The number of aromatic hydroxyl groups is 1. The molecule has 1 aromatic rings. The van der Waals surface area contributed by atoms with Gasteiger partial charge in [0.25, 0.3) is 0 Å². The molecule has 1 heterocycles. The molecular weight excluding hydrogens is 295 g/mol. The highest BCUT2D eigenvalue weighted by atomic mass is 35.5. The van der Waals surface area contributed by atoms with Crippen LogP contribution in [0.1, 0.15) is 30.9 Å². The second-order valence-corrected chi connectivity index (χ2v) is 5.58. The zero-order valence-electron chi connectivity index (χ0n) is 11.6. The van der Waals surface area contributed by atoms with Crippen LogP contribution >= 0.6 is 24.8 Å². The molecule has 1 saturated carbocycles. The number of nitrogens with zero attached hydrogens (tertiary/aromatic N) is 1. The summed E-state index contributed by atoms with van der Waals surface area (Å²) in [6.07, 6.45) is 4.03. The van der Waals surface area contributed by atoms with E-state index in [4.69, 9.17) is 0 Å². The summed E-state index contributed by atoms with van der Waals surface area (Å²) >= 11 is 0. The largest absolute Gasteiger partial charge is 0.508 e. The average molecular weight is 319 g/mol. The number of phenolic OH excluding ortho intramolecular Hbond substituents is 1. The minimum Gasteiger partial charge on any atom is -0.508 e. The maximum absolute atomic E-state index is 9.68. The maximum Gasteiger partial charge on any atom is 0.115 e. The van der Waals surface area contributed by atoms with E-state index in [0.29, 0.717) is 11.8 Å². The molecule has 0 amide bonds. The Hall–Kier alpha value is -0.480. The van der Waals surface area contributed by atoms with Gasteiger partial charge < -0.3 is 10.4 Å². The molecule has 3 nitrogen and oxygen atoms in total. The lowest BCUT2D eigenvalue weighted by molar-refractivity contribution is 0.160. The normalized spacial score (nSPS) is 20.6. The van der Waals surface area contributed by atoms with Crippen LogP contribution in [0, 0.1) is 5.92 Å². The van der Waals surface area contributed by atoms with Crippen molar-refractivity contribution in [1.82, 2.24) is 10.2 Å². The average Bonchev–Trinajstić information content (AvgIpc) is 3.21. The summed E-state index contributed by atoms with van der Waals surface area (Å²) in [6, 6.07) is 8.32.